The largest absolute Gasteiger partial charge is 0.354 e. The first-order valence-corrected chi connectivity index (χ1v) is 7.48. The van der Waals surface area contributed by atoms with Crippen LogP contribution >= 0.6 is 0 Å². The molecule has 108 valence electrons. The Morgan fingerprint density at radius 1 is 1.26 bits per heavy atom. The monoisotopic (exact) mass is 264 g/mol. The van der Waals surface area contributed by atoms with Gasteiger partial charge in [0.2, 0.25) is 5.95 Å². The van der Waals surface area contributed by atoms with E-state index in [9.17, 15) is 0 Å². The molecular formula is C15H28N4. The topological polar surface area (TPSA) is 41.1 Å². The van der Waals surface area contributed by atoms with Gasteiger partial charge in [-0.2, -0.15) is 4.98 Å². The Morgan fingerprint density at radius 2 is 2.00 bits per heavy atom. The van der Waals surface area contributed by atoms with Crippen LogP contribution in [0.1, 0.15) is 52.7 Å². The van der Waals surface area contributed by atoms with Crippen LogP contribution in [0.15, 0.2) is 6.07 Å². The molecular weight excluding hydrogens is 236 g/mol. The number of rotatable bonds is 8. The molecule has 0 amide bonds. The molecule has 0 aliphatic carbocycles. The smallest absolute Gasteiger partial charge is 0.224 e. The normalized spacial score (nSPS) is 12.3. The predicted octanol–water partition coefficient (Wildman–Crippen LogP) is 3.62. The average molecular weight is 264 g/mol. The Morgan fingerprint density at radius 3 is 2.58 bits per heavy atom. The van der Waals surface area contributed by atoms with Crippen LogP contribution in [-0.4, -0.2) is 29.1 Å². The van der Waals surface area contributed by atoms with Crippen molar-refractivity contribution in [2.45, 2.75) is 59.9 Å². The summed E-state index contributed by atoms with van der Waals surface area (Å²) in [6, 6.07) is 2.60. The van der Waals surface area contributed by atoms with Gasteiger partial charge in [0.25, 0.3) is 0 Å². The zero-order valence-electron chi connectivity index (χ0n) is 13.0. The van der Waals surface area contributed by atoms with E-state index in [0.29, 0.717) is 6.04 Å². The van der Waals surface area contributed by atoms with Gasteiger partial charge in [-0.15, -0.1) is 0 Å². The summed E-state index contributed by atoms with van der Waals surface area (Å²) in [5, 5.41) is 3.21. The SMILES string of the molecule is CCCCN(c1cc(C)nc(NCC)n1)C(C)CC. The second kappa shape index (κ2) is 7.97. The van der Waals surface area contributed by atoms with Crippen molar-refractivity contribution in [1.82, 2.24) is 9.97 Å². The first kappa shape index (κ1) is 15.7. The quantitative estimate of drug-likeness (QED) is 0.778. The number of aryl methyl sites for hydroxylation is 1. The average Bonchev–Trinajstić information content (AvgIpc) is 2.38. The minimum Gasteiger partial charge on any atom is -0.354 e. The number of aromatic nitrogens is 2. The summed E-state index contributed by atoms with van der Waals surface area (Å²) in [5.41, 5.74) is 1.02. The van der Waals surface area contributed by atoms with Crippen molar-refractivity contribution in [3.05, 3.63) is 11.8 Å². The molecule has 1 N–H and O–H groups in total. The number of anilines is 2. The molecule has 0 bridgehead atoms. The molecule has 19 heavy (non-hydrogen) atoms. The summed E-state index contributed by atoms with van der Waals surface area (Å²) in [6.07, 6.45) is 3.53. The molecule has 0 fully saturated rings. The third kappa shape index (κ3) is 4.69. The Hall–Kier alpha value is -1.32. The van der Waals surface area contributed by atoms with Crippen LogP contribution in [0.5, 0.6) is 0 Å². The molecule has 4 heteroatoms. The number of nitrogens with zero attached hydrogens (tertiary/aromatic N) is 3. The zero-order valence-corrected chi connectivity index (χ0v) is 13.0. The van der Waals surface area contributed by atoms with Gasteiger partial charge >= 0.3 is 0 Å². The Labute approximate surface area is 117 Å². The van der Waals surface area contributed by atoms with E-state index in [1.807, 2.05) is 6.92 Å². The highest BCUT2D eigenvalue weighted by atomic mass is 15.2. The molecule has 1 rings (SSSR count). The number of hydrogen-bond acceptors (Lipinski definition) is 4. The first-order chi connectivity index (χ1) is 9.12. The maximum Gasteiger partial charge on any atom is 0.224 e. The van der Waals surface area contributed by atoms with Crippen molar-refractivity contribution in [3.63, 3.8) is 0 Å². The summed E-state index contributed by atoms with van der Waals surface area (Å²) in [4.78, 5) is 11.5. The molecule has 0 saturated heterocycles. The minimum absolute atomic E-state index is 0.510. The highest BCUT2D eigenvalue weighted by molar-refractivity contribution is 5.45. The van der Waals surface area contributed by atoms with Gasteiger partial charge in [-0.25, -0.2) is 4.98 Å². The molecule has 1 heterocycles. The van der Waals surface area contributed by atoms with E-state index in [-0.39, 0.29) is 0 Å². The van der Waals surface area contributed by atoms with Gasteiger partial charge in [-0.05, 0) is 33.6 Å². The summed E-state index contributed by atoms with van der Waals surface area (Å²) >= 11 is 0. The molecule has 1 aromatic rings. The van der Waals surface area contributed by atoms with Crippen LogP contribution in [0.3, 0.4) is 0 Å². The lowest BCUT2D eigenvalue weighted by Gasteiger charge is -2.30. The van der Waals surface area contributed by atoms with Crippen LogP contribution in [0.4, 0.5) is 11.8 Å². The van der Waals surface area contributed by atoms with Crippen molar-refractivity contribution >= 4 is 11.8 Å². The van der Waals surface area contributed by atoms with Crippen molar-refractivity contribution in [2.75, 3.05) is 23.3 Å². The highest BCUT2D eigenvalue weighted by Crippen LogP contribution is 2.19. The van der Waals surface area contributed by atoms with E-state index in [2.05, 4.69) is 53.9 Å². The van der Waals surface area contributed by atoms with Crippen molar-refractivity contribution in [2.24, 2.45) is 0 Å². The van der Waals surface area contributed by atoms with Crippen LogP contribution in [0.25, 0.3) is 0 Å². The number of nitrogens with one attached hydrogen (secondary N) is 1. The van der Waals surface area contributed by atoms with Crippen LogP contribution in [-0.2, 0) is 0 Å². The maximum atomic E-state index is 4.65. The fraction of sp³-hybridized carbons (Fsp3) is 0.733. The van der Waals surface area contributed by atoms with E-state index in [1.54, 1.807) is 0 Å². The molecule has 1 unspecified atom stereocenters. The van der Waals surface area contributed by atoms with Crippen molar-refractivity contribution < 1.29 is 0 Å². The van der Waals surface area contributed by atoms with Gasteiger partial charge in [-0.1, -0.05) is 20.3 Å². The summed E-state index contributed by atoms with van der Waals surface area (Å²) in [7, 11) is 0. The Balaban J connectivity index is 2.99. The second-order valence-corrected chi connectivity index (χ2v) is 5.03. The molecule has 0 aliphatic rings. The van der Waals surface area contributed by atoms with Gasteiger partial charge in [-0.3, -0.25) is 0 Å². The first-order valence-electron chi connectivity index (χ1n) is 7.48. The van der Waals surface area contributed by atoms with Gasteiger partial charge in [0.1, 0.15) is 5.82 Å². The molecule has 1 aromatic heterocycles. The van der Waals surface area contributed by atoms with E-state index < -0.39 is 0 Å². The van der Waals surface area contributed by atoms with Gasteiger partial charge < -0.3 is 10.2 Å². The van der Waals surface area contributed by atoms with E-state index >= 15 is 0 Å². The third-order valence-corrected chi connectivity index (χ3v) is 3.35. The molecule has 0 saturated carbocycles. The van der Waals surface area contributed by atoms with Crippen molar-refractivity contribution in [3.8, 4) is 0 Å². The molecule has 4 nitrogen and oxygen atoms in total. The molecule has 1 atom stereocenters. The Bertz CT molecular complexity index is 378. The van der Waals surface area contributed by atoms with Gasteiger partial charge in [0.05, 0.1) is 0 Å². The molecule has 0 radical (unpaired) electrons. The predicted molar refractivity (Wildman–Crippen MR) is 82.9 cm³/mol. The fourth-order valence-corrected chi connectivity index (χ4v) is 2.05. The summed E-state index contributed by atoms with van der Waals surface area (Å²) < 4.78 is 0. The fourth-order valence-electron chi connectivity index (χ4n) is 2.05. The third-order valence-electron chi connectivity index (χ3n) is 3.35. The Kier molecular flexibility index (Phi) is 6.60. The highest BCUT2D eigenvalue weighted by Gasteiger charge is 2.15. The summed E-state index contributed by atoms with van der Waals surface area (Å²) in [5.74, 6) is 1.79. The maximum absolute atomic E-state index is 4.65. The molecule has 0 aromatic carbocycles. The van der Waals surface area contributed by atoms with Gasteiger partial charge in [0, 0.05) is 30.9 Å². The van der Waals surface area contributed by atoms with Crippen LogP contribution < -0.4 is 10.2 Å². The van der Waals surface area contributed by atoms with E-state index in [0.717, 1.165) is 37.0 Å². The molecule has 0 spiro atoms. The number of hydrogen-bond donors (Lipinski definition) is 1. The van der Waals surface area contributed by atoms with Crippen LogP contribution in [0, 0.1) is 6.92 Å². The van der Waals surface area contributed by atoms with E-state index in [1.165, 1.54) is 12.8 Å². The second-order valence-electron chi connectivity index (χ2n) is 5.03. The lowest BCUT2D eigenvalue weighted by Crippen LogP contribution is -2.34. The number of unbranched alkanes of at least 4 members (excludes halogenated alkanes) is 1. The molecule has 0 aliphatic heterocycles. The van der Waals surface area contributed by atoms with Crippen molar-refractivity contribution in [1.29, 1.82) is 0 Å². The lowest BCUT2D eigenvalue weighted by molar-refractivity contribution is 0.589. The van der Waals surface area contributed by atoms with Gasteiger partial charge in [0.15, 0.2) is 0 Å². The summed E-state index contributed by atoms with van der Waals surface area (Å²) in [6.45, 7) is 12.7. The lowest BCUT2D eigenvalue weighted by atomic mass is 10.2. The minimum atomic E-state index is 0.510. The standard InChI is InChI=1S/C15H28N4/c1-6-9-10-19(13(5)7-2)14-11-12(4)17-15(18-14)16-8-3/h11,13H,6-10H2,1-5H3,(H,16,17,18). The zero-order chi connectivity index (χ0) is 14.3. The van der Waals surface area contributed by atoms with E-state index in [4.69, 9.17) is 0 Å². The van der Waals surface area contributed by atoms with Crippen LogP contribution in [0.2, 0.25) is 0 Å².